The number of carbonyl (C=O) groups is 4. The molecular formula is C47H40ClN5O9S2. The van der Waals surface area contributed by atoms with Crippen LogP contribution < -0.4 is 11.1 Å². The Morgan fingerprint density at radius 3 is 1.86 bits per heavy atom. The van der Waals surface area contributed by atoms with E-state index in [1.807, 2.05) is 72.8 Å². The van der Waals surface area contributed by atoms with E-state index >= 15 is 0 Å². The van der Waals surface area contributed by atoms with Gasteiger partial charge in [-0.15, -0.1) is 34.7 Å². The SMILES string of the molecule is Nc1nc(C(=NOC(C(=O)OC(c2ccccc2)c2ccccc2)c2ccc(O)c(O)c2)C(=O)NC2C(=O)N3CC(CCl)(C(=O)OC(c4ccccc4)c4ccccc4)CS[C@H]23)cs1. The van der Waals surface area contributed by atoms with E-state index in [-0.39, 0.29) is 34.6 Å². The Balaban J connectivity index is 1.02. The van der Waals surface area contributed by atoms with E-state index in [1.165, 1.54) is 28.1 Å². The second-order valence-electron chi connectivity index (χ2n) is 15.0. The smallest absolute Gasteiger partial charge is 0.355 e. The standard InChI is InChI=1S/C47H40ClN5O9S2/c48-25-47(45(59)61-39(30-17-9-3-10-18-30)31-19-11-4-12-20-31)26-53-42(57)37(43(53)64-27-47)51-41(56)36(33-24-63-46(49)50-33)52-62-40(32-21-22-34(54)35(55)23-32)44(58)60-38(28-13-5-1-6-14-28)29-15-7-2-8-16-29/h1-24,37-40,43,54-55H,25-27H2,(H2,49,50)(H,51,56)/t37?,40?,43-,47?/m1/s1. The lowest BCUT2D eigenvalue weighted by Crippen LogP contribution is -2.74. The Bertz CT molecular complexity index is 2580. The Morgan fingerprint density at radius 1 is 0.812 bits per heavy atom. The number of esters is 2. The van der Waals surface area contributed by atoms with E-state index < -0.39 is 76.1 Å². The van der Waals surface area contributed by atoms with Crippen LogP contribution in [-0.2, 0) is 33.5 Å². The Kier molecular flexibility index (Phi) is 13.2. The molecule has 5 aromatic carbocycles. The third kappa shape index (κ3) is 9.25. The highest BCUT2D eigenvalue weighted by molar-refractivity contribution is 8.00. The average molecular weight is 918 g/mol. The number of nitrogens with two attached hydrogens (primary N) is 1. The Labute approximate surface area is 380 Å². The summed E-state index contributed by atoms with van der Waals surface area (Å²) in [5.74, 6) is -3.79. The van der Waals surface area contributed by atoms with Crippen molar-refractivity contribution in [3.05, 3.63) is 178 Å². The number of hydrogen-bond donors (Lipinski definition) is 4. The van der Waals surface area contributed by atoms with E-state index in [0.29, 0.717) is 11.1 Å². The van der Waals surface area contributed by atoms with Crippen LogP contribution in [-0.4, -0.2) is 79.2 Å². The van der Waals surface area contributed by atoms with Gasteiger partial charge in [0.15, 0.2) is 34.6 Å². The van der Waals surface area contributed by atoms with Gasteiger partial charge in [0.25, 0.3) is 5.91 Å². The molecule has 6 aromatic rings. The summed E-state index contributed by atoms with van der Waals surface area (Å²) in [7, 11) is 0. The lowest BCUT2D eigenvalue weighted by molar-refractivity contribution is -0.164. The number of nitrogens with zero attached hydrogens (tertiary/aromatic N) is 3. The number of rotatable bonds is 15. The number of aromatic nitrogens is 1. The van der Waals surface area contributed by atoms with E-state index in [4.69, 9.17) is 31.6 Å². The van der Waals surface area contributed by atoms with Crippen LogP contribution in [0.4, 0.5) is 5.13 Å². The number of thiazole rings is 1. The van der Waals surface area contributed by atoms with Gasteiger partial charge in [0.1, 0.15) is 22.5 Å². The molecule has 5 N–H and O–H groups in total. The van der Waals surface area contributed by atoms with Gasteiger partial charge in [-0.2, -0.15) is 0 Å². The monoisotopic (exact) mass is 917 g/mol. The summed E-state index contributed by atoms with van der Waals surface area (Å²) in [6, 6.07) is 39.3. The van der Waals surface area contributed by atoms with Gasteiger partial charge in [-0.1, -0.05) is 133 Å². The fourth-order valence-corrected chi connectivity index (χ4v) is 9.81. The number of β-lactam (4-membered cyclic amide) rings is 1. The van der Waals surface area contributed by atoms with E-state index in [1.54, 1.807) is 48.5 Å². The summed E-state index contributed by atoms with van der Waals surface area (Å²) in [5.41, 5.74) is 7.15. The molecule has 3 unspecified atom stereocenters. The first-order valence-corrected chi connectivity index (χ1v) is 22.4. The molecule has 4 atom stereocenters. The molecule has 2 aliphatic rings. The van der Waals surface area contributed by atoms with Crippen LogP contribution >= 0.6 is 34.7 Å². The highest BCUT2D eigenvalue weighted by Crippen LogP contribution is 2.44. The number of phenolic OH excluding ortho intramolecular Hbond substituents is 2. The predicted molar refractivity (Wildman–Crippen MR) is 241 cm³/mol. The number of oxime groups is 1. The molecule has 326 valence electrons. The quantitative estimate of drug-likeness (QED) is 0.0208. The van der Waals surface area contributed by atoms with Crippen molar-refractivity contribution in [2.24, 2.45) is 10.6 Å². The van der Waals surface area contributed by atoms with Crippen LogP contribution in [0.25, 0.3) is 0 Å². The lowest BCUT2D eigenvalue weighted by Gasteiger charge is -2.53. The molecule has 2 aliphatic heterocycles. The van der Waals surface area contributed by atoms with Gasteiger partial charge in [-0.05, 0) is 34.4 Å². The first kappa shape index (κ1) is 43.8. The number of phenols is 2. The number of nitrogens with one attached hydrogen (secondary N) is 1. The Morgan fingerprint density at radius 2 is 1.36 bits per heavy atom. The second-order valence-corrected chi connectivity index (χ2v) is 17.3. The fraction of sp³-hybridized carbons (Fsp3) is 0.191. The van der Waals surface area contributed by atoms with Crippen molar-refractivity contribution < 1.29 is 43.7 Å². The van der Waals surface area contributed by atoms with Gasteiger partial charge in [0.2, 0.25) is 12.0 Å². The number of nitrogen functional groups attached to an aromatic ring is 1. The number of aromatic hydroxyl groups is 2. The zero-order valence-corrected chi connectivity index (χ0v) is 36.1. The number of amides is 2. The van der Waals surface area contributed by atoms with Gasteiger partial charge >= 0.3 is 11.9 Å². The molecular weight excluding hydrogens is 878 g/mol. The number of halogens is 1. The third-order valence-corrected chi connectivity index (χ3v) is 13.5. The molecule has 1 aromatic heterocycles. The van der Waals surface area contributed by atoms with Crippen molar-refractivity contribution in [3.63, 3.8) is 0 Å². The molecule has 17 heteroatoms. The molecule has 0 saturated carbocycles. The molecule has 2 saturated heterocycles. The predicted octanol–water partition coefficient (Wildman–Crippen LogP) is 6.89. The van der Waals surface area contributed by atoms with Gasteiger partial charge in [-0.25, -0.2) is 9.78 Å². The average Bonchev–Trinajstić information content (AvgIpc) is 3.77. The molecule has 0 radical (unpaired) electrons. The Hall–Kier alpha value is -6.88. The molecule has 64 heavy (non-hydrogen) atoms. The molecule has 0 bridgehead atoms. The van der Waals surface area contributed by atoms with Crippen LogP contribution in [0, 0.1) is 5.41 Å². The molecule has 8 rings (SSSR count). The molecule has 3 heterocycles. The summed E-state index contributed by atoms with van der Waals surface area (Å²) < 4.78 is 12.3. The van der Waals surface area contributed by atoms with Crippen molar-refractivity contribution in [2.45, 2.75) is 29.7 Å². The zero-order valence-electron chi connectivity index (χ0n) is 33.7. The number of alkyl halides is 1. The number of fused-ring (bicyclic) bond motifs is 1. The van der Waals surface area contributed by atoms with E-state index in [2.05, 4.69) is 15.5 Å². The molecule has 2 amide bonds. The maximum absolute atomic E-state index is 14.2. The van der Waals surface area contributed by atoms with Crippen molar-refractivity contribution in [2.75, 3.05) is 23.9 Å². The van der Waals surface area contributed by atoms with Gasteiger partial charge in [0.05, 0.1) is 0 Å². The number of hydrogen-bond acceptors (Lipinski definition) is 14. The highest BCUT2D eigenvalue weighted by atomic mass is 35.5. The largest absolute Gasteiger partial charge is 0.504 e. The van der Waals surface area contributed by atoms with Crippen LogP contribution in [0.2, 0.25) is 0 Å². The van der Waals surface area contributed by atoms with E-state index in [9.17, 15) is 29.4 Å². The molecule has 0 aliphatic carbocycles. The normalized spacial score (nSPS) is 18.7. The van der Waals surface area contributed by atoms with E-state index in [0.717, 1.165) is 34.6 Å². The molecule has 2 fully saturated rings. The van der Waals surface area contributed by atoms with Crippen molar-refractivity contribution in [1.29, 1.82) is 0 Å². The minimum atomic E-state index is -1.69. The van der Waals surface area contributed by atoms with Crippen LogP contribution in [0.1, 0.15) is 51.8 Å². The van der Waals surface area contributed by atoms with Crippen molar-refractivity contribution >= 4 is 69.3 Å². The highest BCUT2D eigenvalue weighted by Gasteiger charge is 2.58. The summed E-state index contributed by atoms with van der Waals surface area (Å²) in [4.78, 5) is 67.8. The summed E-state index contributed by atoms with van der Waals surface area (Å²) in [6.07, 6.45) is -3.31. The van der Waals surface area contributed by atoms with Crippen LogP contribution in [0.15, 0.2) is 150 Å². The number of thioether (sulfide) groups is 1. The van der Waals surface area contributed by atoms with Crippen LogP contribution in [0.5, 0.6) is 11.5 Å². The molecule has 0 spiro atoms. The number of carbonyl (C=O) groups excluding carboxylic acids is 4. The lowest BCUT2D eigenvalue weighted by atomic mass is 9.88. The first-order chi connectivity index (χ1) is 31.0. The summed E-state index contributed by atoms with van der Waals surface area (Å²) in [5, 5.41) is 28.4. The maximum atomic E-state index is 14.2. The third-order valence-electron chi connectivity index (χ3n) is 10.7. The van der Waals surface area contributed by atoms with Gasteiger partial charge in [-0.3, -0.25) is 14.4 Å². The summed E-state index contributed by atoms with van der Waals surface area (Å²) in [6.45, 7) is -0.0442. The number of anilines is 1. The van der Waals surface area contributed by atoms with Gasteiger partial charge in [0, 0.05) is 29.1 Å². The maximum Gasteiger partial charge on any atom is 0.355 e. The summed E-state index contributed by atoms with van der Waals surface area (Å²) >= 11 is 8.83. The number of ether oxygens (including phenoxy) is 2. The minimum Gasteiger partial charge on any atom is -0.504 e. The van der Waals surface area contributed by atoms with Crippen LogP contribution in [0.3, 0.4) is 0 Å². The van der Waals surface area contributed by atoms with Crippen molar-refractivity contribution in [3.8, 4) is 11.5 Å². The van der Waals surface area contributed by atoms with Gasteiger partial charge < -0.3 is 40.5 Å². The fourth-order valence-electron chi connectivity index (χ4n) is 7.32. The number of benzene rings is 5. The van der Waals surface area contributed by atoms with Crippen molar-refractivity contribution in [1.82, 2.24) is 15.2 Å². The first-order valence-electron chi connectivity index (χ1n) is 19.9. The second kappa shape index (κ2) is 19.2. The molecule has 14 nitrogen and oxygen atoms in total. The zero-order chi connectivity index (χ0) is 44.8. The minimum absolute atomic E-state index is 0.0117. The topological polar surface area (TPSA) is 203 Å².